The third-order valence-electron chi connectivity index (χ3n) is 3.83. The van der Waals surface area contributed by atoms with Crippen LogP contribution in [0, 0.1) is 0 Å². The van der Waals surface area contributed by atoms with Crippen molar-refractivity contribution in [2.75, 3.05) is 47.3 Å². The maximum Gasteiger partial charge on any atom is 0.300 e. The molecule has 1 amide bonds. The van der Waals surface area contributed by atoms with Gasteiger partial charge in [0.2, 0.25) is 5.91 Å². The minimum atomic E-state index is -0.833. The van der Waals surface area contributed by atoms with Crippen LogP contribution in [0.5, 0.6) is 0 Å². The highest BCUT2D eigenvalue weighted by molar-refractivity contribution is 5.73. The molecule has 0 aliphatic carbocycles. The molecule has 0 bridgehead atoms. The van der Waals surface area contributed by atoms with Crippen molar-refractivity contribution in [1.82, 2.24) is 5.32 Å². The average molecular weight is 512 g/mol. The van der Waals surface area contributed by atoms with Crippen LogP contribution in [0.4, 0.5) is 0 Å². The lowest BCUT2D eigenvalue weighted by Gasteiger charge is -2.32. The van der Waals surface area contributed by atoms with E-state index in [0.29, 0.717) is 13.2 Å². The molecular formula is C25H53NO9. The van der Waals surface area contributed by atoms with E-state index in [-0.39, 0.29) is 18.1 Å². The summed E-state index contributed by atoms with van der Waals surface area (Å²) >= 11 is 0. The second-order valence-corrected chi connectivity index (χ2v) is 7.38. The number of methoxy groups -OCH3 is 1. The number of carboxylic acids is 2. The van der Waals surface area contributed by atoms with Crippen molar-refractivity contribution in [3.05, 3.63) is 0 Å². The van der Waals surface area contributed by atoms with Crippen molar-refractivity contribution in [2.45, 2.75) is 98.6 Å². The molecule has 10 nitrogen and oxygen atoms in total. The Morgan fingerprint density at radius 3 is 1.83 bits per heavy atom. The Balaban J connectivity index is -0.000000307. The van der Waals surface area contributed by atoms with Gasteiger partial charge in [0.25, 0.3) is 11.9 Å². The number of hydrogen-bond acceptors (Lipinski definition) is 7. The smallest absolute Gasteiger partial charge is 0.300 e. The van der Waals surface area contributed by atoms with Crippen LogP contribution >= 0.6 is 0 Å². The molecule has 10 heteroatoms. The van der Waals surface area contributed by atoms with Crippen LogP contribution in [0.15, 0.2) is 0 Å². The first kappa shape index (κ1) is 40.4. The first-order valence-corrected chi connectivity index (χ1v) is 12.5. The SMILES string of the molecule is CC.CC(=O)O.CC(=O)O.CCCOCCOCCCCCC1OCCCC1NC(C)=O.COC. The van der Waals surface area contributed by atoms with Crippen LogP contribution in [-0.2, 0) is 33.3 Å². The molecule has 212 valence electrons. The van der Waals surface area contributed by atoms with Crippen molar-refractivity contribution in [2.24, 2.45) is 0 Å². The number of unbranched alkanes of at least 4 members (excludes halogenated alkanes) is 2. The van der Waals surface area contributed by atoms with Gasteiger partial charge in [-0.1, -0.05) is 33.6 Å². The minimum Gasteiger partial charge on any atom is -0.481 e. The number of carbonyl (C=O) groups is 3. The van der Waals surface area contributed by atoms with Crippen LogP contribution in [0.2, 0.25) is 0 Å². The van der Waals surface area contributed by atoms with Crippen molar-refractivity contribution < 1.29 is 43.5 Å². The summed E-state index contributed by atoms with van der Waals surface area (Å²) in [5, 5.41) is 17.8. The summed E-state index contributed by atoms with van der Waals surface area (Å²) in [7, 11) is 3.25. The Hall–Kier alpha value is -1.75. The molecule has 0 spiro atoms. The number of ether oxygens (including phenoxy) is 4. The average Bonchev–Trinajstić information content (AvgIpc) is 2.77. The second-order valence-electron chi connectivity index (χ2n) is 7.38. The van der Waals surface area contributed by atoms with Gasteiger partial charge >= 0.3 is 0 Å². The summed E-state index contributed by atoms with van der Waals surface area (Å²) in [6.07, 6.45) is 7.67. The van der Waals surface area contributed by atoms with Gasteiger partial charge in [0.1, 0.15) is 0 Å². The van der Waals surface area contributed by atoms with E-state index in [1.54, 1.807) is 21.1 Å². The van der Waals surface area contributed by atoms with Gasteiger partial charge < -0.3 is 34.5 Å². The molecule has 1 aliphatic rings. The van der Waals surface area contributed by atoms with Gasteiger partial charge in [-0.25, -0.2) is 0 Å². The van der Waals surface area contributed by atoms with Gasteiger partial charge in [0.05, 0.1) is 25.4 Å². The summed E-state index contributed by atoms with van der Waals surface area (Å²) in [6, 6.07) is 0.193. The molecule has 0 aromatic carbocycles. The predicted molar refractivity (Wildman–Crippen MR) is 138 cm³/mol. The summed E-state index contributed by atoms with van der Waals surface area (Å²) in [5.74, 6) is -1.63. The molecule has 0 aromatic heterocycles. The number of aliphatic carboxylic acids is 2. The zero-order valence-electron chi connectivity index (χ0n) is 23.4. The molecule has 1 heterocycles. The lowest BCUT2D eigenvalue weighted by Crippen LogP contribution is -2.46. The monoisotopic (exact) mass is 511 g/mol. The summed E-state index contributed by atoms with van der Waals surface area (Å²) in [4.78, 5) is 29.2. The van der Waals surface area contributed by atoms with Gasteiger partial charge in [-0.3, -0.25) is 14.4 Å². The molecule has 0 radical (unpaired) electrons. The molecule has 35 heavy (non-hydrogen) atoms. The summed E-state index contributed by atoms with van der Waals surface area (Å²) in [5.41, 5.74) is 0. The summed E-state index contributed by atoms with van der Waals surface area (Å²) < 4.78 is 21.0. The van der Waals surface area contributed by atoms with Crippen LogP contribution in [-0.4, -0.2) is 87.5 Å². The highest BCUT2D eigenvalue weighted by Gasteiger charge is 2.25. The maximum absolute atomic E-state index is 11.2. The number of carboxylic acid groups (broad SMARTS) is 2. The Kier molecular flexibility index (Phi) is 39.7. The zero-order valence-corrected chi connectivity index (χ0v) is 23.4. The standard InChI is InChI=1S/C17H33NO4.2C2H4O2.C2H6O.C2H6/c1-3-10-20-13-14-21-11-6-4-5-9-17-16(18-15(2)19)8-7-12-22-17;2*1-2(3)4;1-3-2;1-2/h16-17H,3-14H2,1-2H3,(H,18,19);2*1H3,(H,3,4);1-2H3;1-2H3. The fourth-order valence-electron chi connectivity index (χ4n) is 2.74. The van der Waals surface area contributed by atoms with E-state index in [4.69, 9.17) is 34.0 Å². The van der Waals surface area contributed by atoms with E-state index in [9.17, 15) is 4.79 Å². The van der Waals surface area contributed by atoms with Crippen LogP contribution in [0.25, 0.3) is 0 Å². The molecule has 3 N–H and O–H groups in total. The molecule has 1 saturated heterocycles. The number of amides is 1. The molecule has 1 rings (SSSR count). The van der Waals surface area contributed by atoms with E-state index in [0.717, 1.165) is 78.6 Å². The Morgan fingerprint density at radius 1 is 0.886 bits per heavy atom. The fraction of sp³-hybridized carbons (Fsp3) is 0.880. The van der Waals surface area contributed by atoms with Crippen molar-refractivity contribution in [3.8, 4) is 0 Å². The number of nitrogens with one attached hydrogen (secondary N) is 1. The van der Waals surface area contributed by atoms with E-state index in [2.05, 4.69) is 17.0 Å². The van der Waals surface area contributed by atoms with Gasteiger partial charge in [-0.05, 0) is 32.1 Å². The number of rotatable bonds is 12. The van der Waals surface area contributed by atoms with Crippen LogP contribution in [0.3, 0.4) is 0 Å². The minimum absolute atomic E-state index is 0.0409. The van der Waals surface area contributed by atoms with E-state index in [1.807, 2.05) is 13.8 Å². The normalized spacial score (nSPS) is 15.8. The van der Waals surface area contributed by atoms with Gasteiger partial charge in [0.15, 0.2) is 0 Å². The largest absolute Gasteiger partial charge is 0.481 e. The Bertz CT molecular complexity index is 442. The molecule has 2 atom stereocenters. The van der Waals surface area contributed by atoms with Crippen molar-refractivity contribution in [1.29, 1.82) is 0 Å². The quantitative estimate of drug-likeness (QED) is 0.330. The van der Waals surface area contributed by atoms with E-state index >= 15 is 0 Å². The second kappa shape index (κ2) is 34.4. The predicted octanol–water partition coefficient (Wildman–Crippen LogP) is 4.14. The first-order valence-electron chi connectivity index (χ1n) is 12.5. The third kappa shape index (κ3) is 46.3. The molecule has 0 aromatic rings. The van der Waals surface area contributed by atoms with Gasteiger partial charge in [-0.15, -0.1) is 0 Å². The molecule has 0 saturated carbocycles. The van der Waals surface area contributed by atoms with Crippen molar-refractivity contribution in [3.63, 3.8) is 0 Å². The van der Waals surface area contributed by atoms with E-state index < -0.39 is 11.9 Å². The highest BCUT2D eigenvalue weighted by Crippen LogP contribution is 2.19. The van der Waals surface area contributed by atoms with Crippen LogP contribution < -0.4 is 5.32 Å². The molecule has 1 aliphatic heterocycles. The van der Waals surface area contributed by atoms with Gasteiger partial charge in [-0.2, -0.15) is 0 Å². The molecule has 1 fully saturated rings. The molecule has 2 unspecified atom stereocenters. The molecular weight excluding hydrogens is 458 g/mol. The van der Waals surface area contributed by atoms with Crippen LogP contribution in [0.1, 0.15) is 86.5 Å². The Labute approximate surface area is 213 Å². The van der Waals surface area contributed by atoms with Gasteiger partial charge in [0, 0.05) is 54.8 Å². The summed E-state index contributed by atoms with van der Waals surface area (Å²) in [6.45, 7) is 13.7. The Morgan fingerprint density at radius 2 is 1.37 bits per heavy atom. The first-order chi connectivity index (χ1) is 16.6. The third-order valence-corrected chi connectivity index (χ3v) is 3.83. The lowest BCUT2D eigenvalue weighted by molar-refractivity contribution is -0.135. The highest BCUT2D eigenvalue weighted by atomic mass is 16.5. The number of hydrogen-bond donors (Lipinski definition) is 3. The zero-order chi connectivity index (χ0) is 27.9. The lowest BCUT2D eigenvalue weighted by atomic mass is 9.97. The van der Waals surface area contributed by atoms with Crippen molar-refractivity contribution >= 4 is 17.8 Å². The maximum atomic E-state index is 11.2. The number of carbonyl (C=O) groups excluding carboxylic acids is 1. The van der Waals surface area contributed by atoms with E-state index in [1.165, 1.54) is 0 Å². The fourth-order valence-corrected chi connectivity index (χ4v) is 2.74. The topological polar surface area (TPSA) is 141 Å².